The molecule has 0 radical (unpaired) electrons. The van der Waals surface area contributed by atoms with Gasteiger partial charge in [0.15, 0.2) is 0 Å². The molecule has 1 heterocycles. The van der Waals surface area contributed by atoms with E-state index in [0.717, 1.165) is 5.03 Å². The Kier molecular flexibility index (Phi) is 3.01. The molecule has 1 aromatic carbocycles. The van der Waals surface area contributed by atoms with Gasteiger partial charge in [0, 0.05) is 4.90 Å². The van der Waals surface area contributed by atoms with Crippen molar-refractivity contribution in [2.75, 3.05) is 11.5 Å². The molecule has 0 unspecified atom stereocenters. The molecular weight excluding hydrogens is 218 g/mol. The maximum absolute atomic E-state index is 5.66. The summed E-state index contributed by atoms with van der Waals surface area (Å²) >= 11 is 1.59. The molecule has 0 fully saturated rings. The summed E-state index contributed by atoms with van der Waals surface area (Å²) in [5, 5.41) is 0.862. The average Bonchev–Trinajstić information content (AvgIpc) is 2.27. The summed E-state index contributed by atoms with van der Waals surface area (Å²) in [6.45, 7) is 2.07. The second kappa shape index (κ2) is 4.45. The Bertz CT molecular complexity index is 511. The quantitative estimate of drug-likeness (QED) is 0.834. The summed E-state index contributed by atoms with van der Waals surface area (Å²) in [6, 6.07) is 11.8. The second-order valence-corrected chi connectivity index (χ2v) is 4.55. The van der Waals surface area contributed by atoms with Crippen molar-refractivity contribution in [2.24, 2.45) is 0 Å². The topological polar surface area (TPSA) is 64.9 Å². The fraction of sp³-hybridized carbons (Fsp3) is 0.0833. The molecule has 0 bridgehead atoms. The lowest BCUT2D eigenvalue weighted by Gasteiger charge is -2.05. The molecule has 4 heteroatoms. The van der Waals surface area contributed by atoms with Crippen molar-refractivity contribution < 1.29 is 0 Å². The molecule has 82 valence electrons. The molecule has 0 aliphatic rings. The molecule has 0 atom stereocenters. The van der Waals surface area contributed by atoms with Crippen LogP contribution < -0.4 is 11.5 Å². The van der Waals surface area contributed by atoms with Gasteiger partial charge in [-0.2, -0.15) is 0 Å². The summed E-state index contributed by atoms with van der Waals surface area (Å²) < 4.78 is 0. The van der Waals surface area contributed by atoms with E-state index in [4.69, 9.17) is 11.5 Å². The van der Waals surface area contributed by atoms with E-state index in [1.807, 2.05) is 18.2 Å². The van der Waals surface area contributed by atoms with E-state index in [2.05, 4.69) is 24.0 Å². The summed E-state index contributed by atoms with van der Waals surface area (Å²) in [7, 11) is 0. The number of aryl methyl sites for hydroxylation is 1. The Morgan fingerprint density at radius 1 is 1.06 bits per heavy atom. The van der Waals surface area contributed by atoms with Crippen molar-refractivity contribution >= 4 is 23.3 Å². The number of nitrogen functional groups attached to an aromatic ring is 2. The maximum Gasteiger partial charge on any atom is 0.147 e. The predicted molar refractivity (Wildman–Crippen MR) is 68.4 cm³/mol. The van der Waals surface area contributed by atoms with Crippen molar-refractivity contribution in [1.29, 1.82) is 0 Å². The molecule has 16 heavy (non-hydrogen) atoms. The van der Waals surface area contributed by atoms with E-state index >= 15 is 0 Å². The number of nitrogens with zero attached hydrogens (tertiary/aromatic N) is 1. The lowest BCUT2D eigenvalue weighted by Crippen LogP contribution is -1.97. The van der Waals surface area contributed by atoms with Crippen molar-refractivity contribution in [3.8, 4) is 0 Å². The van der Waals surface area contributed by atoms with Gasteiger partial charge in [-0.25, -0.2) is 4.98 Å². The zero-order chi connectivity index (χ0) is 11.5. The first-order valence-electron chi connectivity index (χ1n) is 4.92. The molecule has 0 aliphatic heterocycles. The molecule has 0 aliphatic carbocycles. The van der Waals surface area contributed by atoms with Crippen LogP contribution in [0.4, 0.5) is 11.5 Å². The van der Waals surface area contributed by atoms with Crippen molar-refractivity contribution in [3.05, 3.63) is 42.0 Å². The van der Waals surface area contributed by atoms with Crippen LogP contribution in [0, 0.1) is 6.92 Å². The first-order valence-corrected chi connectivity index (χ1v) is 5.74. The Balaban J connectivity index is 2.28. The molecule has 0 amide bonds. The molecule has 2 rings (SSSR count). The van der Waals surface area contributed by atoms with Gasteiger partial charge in [0.1, 0.15) is 10.8 Å². The van der Waals surface area contributed by atoms with E-state index in [9.17, 15) is 0 Å². The Morgan fingerprint density at radius 2 is 1.81 bits per heavy atom. The third-order valence-corrected chi connectivity index (χ3v) is 3.35. The van der Waals surface area contributed by atoms with Gasteiger partial charge in [-0.15, -0.1) is 0 Å². The van der Waals surface area contributed by atoms with Gasteiger partial charge in [0.05, 0.1) is 5.69 Å². The third kappa shape index (κ3) is 2.28. The molecular formula is C12H13N3S. The number of pyridine rings is 1. The maximum atomic E-state index is 5.66. The SMILES string of the molecule is Cc1ccccc1Sc1ccc(N)c(N)n1. The number of rotatable bonds is 2. The first-order chi connectivity index (χ1) is 7.66. The van der Waals surface area contributed by atoms with Gasteiger partial charge in [-0.05, 0) is 30.7 Å². The number of hydrogen-bond donors (Lipinski definition) is 2. The Morgan fingerprint density at radius 3 is 2.50 bits per heavy atom. The zero-order valence-corrected chi connectivity index (χ0v) is 9.79. The third-order valence-electron chi connectivity index (χ3n) is 2.24. The first kappa shape index (κ1) is 10.8. The van der Waals surface area contributed by atoms with Crippen molar-refractivity contribution in [1.82, 2.24) is 4.98 Å². The highest BCUT2D eigenvalue weighted by Crippen LogP contribution is 2.30. The smallest absolute Gasteiger partial charge is 0.147 e. The molecule has 3 nitrogen and oxygen atoms in total. The van der Waals surface area contributed by atoms with Crippen LogP contribution in [-0.4, -0.2) is 4.98 Å². The van der Waals surface area contributed by atoms with E-state index in [0.29, 0.717) is 11.5 Å². The molecule has 4 N–H and O–H groups in total. The summed E-state index contributed by atoms with van der Waals surface area (Å²) in [6.07, 6.45) is 0. The lowest BCUT2D eigenvalue weighted by molar-refractivity contribution is 1.14. The van der Waals surface area contributed by atoms with E-state index in [1.165, 1.54) is 10.5 Å². The van der Waals surface area contributed by atoms with Crippen LogP contribution in [-0.2, 0) is 0 Å². The highest BCUT2D eigenvalue weighted by atomic mass is 32.2. The van der Waals surface area contributed by atoms with Crippen LogP contribution in [0.1, 0.15) is 5.56 Å². The number of benzene rings is 1. The van der Waals surface area contributed by atoms with Gasteiger partial charge in [-0.3, -0.25) is 0 Å². The minimum absolute atomic E-state index is 0.388. The van der Waals surface area contributed by atoms with E-state index in [1.54, 1.807) is 17.8 Å². The minimum atomic E-state index is 0.388. The van der Waals surface area contributed by atoms with Crippen LogP contribution in [0.5, 0.6) is 0 Å². The summed E-state index contributed by atoms with van der Waals surface area (Å²) in [5.41, 5.74) is 13.0. The van der Waals surface area contributed by atoms with Gasteiger partial charge >= 0.3 is 0 Å². The van der Waals surface area contributed by atoms with E-state index < -0.39 is 0 Å². The number of hydrogen-bond acceptors (Lipinski definition) is 4. The van der Waals surface area contributed by atoms with Crippen molar-refractivity contribution in [2.45, 2.75) is 16.8 Å². The Labute approximate surface area is 98.9 Å². The molecule has 1 aromatic heterocycles. The standard InChI is InChI=1S/C12H13N3S/c1-8-4-2-3-5-10(8)16-11-7-6-9(13)12(14)15-11/h2-7H,13H2,1H3,(H2,14,15). The number of anilines is 2. The number of nitrogens with two attached hydrogens (primary N) is 2. The molecule has 0 saturated heterocycles. The highest BCUT2D eigenvalue weighted by Gasteiger charge is 2.03. The van der Waals surface area contributed by atoms with Gasteiger partial charge in [0.2, 0.25) is 0 Å². The van der Waals surface area contributed by atoms with Crippen LogP contribution in [0.25, 0.3) is 0 Å². The van der Waals surface area contributed by atoms with Crippen LogP contribution in [0.15, 0.2) is 46.3 Å². The van der Waals surface area contributed by atoms with Crippen LogP contribution >= 0.6 is 11.8 Å². The minimum Gasteiger partial charge on any atom is -0.396 e. The molecule has 2 aromatic rings. The summed E-state index contributed by atoms with van der Waals surface area (Å²) in [4.78, 5) is 5.40. The van der Waals surface area contributed by atoms with Crippen molar-refractivity contribution in [3.63, 3.8) is 0 Å². The fourth-order valence-electron chi connectivity index (χ4n) is 1.31. The fourth-order valence-corrected chi connectivity index (χ4v) is 2.19. The van der Waals surface area contributed by atoms with Crippen LogP contribution in [0.2, 0.25) is 0 Å². The molecule has 0 spiro atoms. The number of aromatic nitrogens is 1. The molecule has 0 saturated carbocycles. The predicted octanol–water partition coefficient (Wildman–Crippen LogP) is 2.71. The van der Waals surface area contributed by atoms with Gasteiger partial charge in [0.25, 0.3) is 0 Å². The van der Waals surface area contributed by atoms with Crippen LogP contribution in [0.3, 0.4) is 0 Å². The van der Waals surface area contributed by atoms with Gasteiger partial charge < -0.3 is 11.5 Å². The van der Waals surface area contributed by atoms with E-state index in [-0.39, 0.29) is 0 Å². The monoisotopic (exact) mass is 231 g/mol. The summed E-state index contributed by atoms with van der Waals surface area (Å²) in [5.74, 6) is 0.388. The normalized spacial score (nSPS) is 10.3. The second-order valence-electron chi connectivity index (χ2n) is 3.49. The largest absolute Gasteiger partial charge is 0.396 e. The lowest BCUT2D eigenvalue weighted by atomic mass is 10.2. The highest BCUT2D eigenvalue weighted by molar-refractivity contribution is 7.99. The zero-order valence-electron chi connectivity index (χ0n) is 8.97. The Hall–Kier alpha value is -1.68. The average molecular weight is 231 g/mol. The van der Waals surface area contributed by atoms with Gasteiger partial charge in [-0.1, -0.05) is 30.0 Å².